The highest BCUT2D eigenvalue weighted by Crippen LogP contribution is 2.42. The maximum atomic E-state index is 15.9. The van der Waals surface area contributed by atoms with E-state index in [1.807, 2.05) is 22.9 Å². The molecule has 3 aromatic rings. The number of amides is 4. The van der Waals surface area contributed by atoms with Gasteiger partial charge < -0.3 is 51.5 Å². The molecule has 4 amide bonds. The summed E-state index contributed by atoms with van der Waals surface area (Å²) in [5.41, 5.74) is -5.01. The fourth-order valence-electron chi connectivity index (χ4n) is 8.26. The molecule has 2 aliphatic rings. The Bertz CT molecular complexity index is 2640. The highest BCUT2D eigenvalue weighted by atomic mass is 19.4. The number of alkyl carbamates (subject to hydrolysis) is 2. The zero-order chi connectivity index (χ0) is 57.2. The van der Waals surface area contributed by atoms with Crippen LogP contribution in [0.5, 0.6) is 0 Å². The molecule has 0 radical (unpaired) electrons. The first kappa shape index (κ1) is 60.7. The Hall–Kier alpha value is -7.18. The molecule has 2 bridgehead atoms. The lowest BCUT2D eigenvalue weighted by Gasteiger charge is -2.38. The summed E-state index contributed by atoms with van der Waals surface area (Å²) in [6.45, 7) is -1.48. The van der Waals surface area contributed by atoms with Gasteiger partial charge in [-0.25, -0.2) is 28.4 Å². The van der Waals surface area contributed by atoms with Gasteiger partial charge in [0.1, 0.15) is 29.5 Å². The lowest BCUT2D eigenvalue weighted by atomic mass is 9.82. The summed E-state index contributed by atoms with van der Waals surface area (Å²) in [4.78, 5) is 59.4. The number of rotatable bonds is 20. The summed E-state index contributed by atoms with van der Waals surface area (Å²) in [5, 5.41) is 31.6. The van der Waals surface area contributed by atoms with Gasteiger partial charge in [0.25, 0.3) is 5.91 Å². The molecular formula is C50H58F10N10O7. The highest BCUT2D eigenvalue weighted by molar-refractivity contribution is 6.06. The number of aliphatic hydroxyl groups is 1. The molecule has 77 heavy (non-hydrogen) atoms. The Morgan fingerprint density at radius 2 is 1.35 bits per heavy atom. The van der Waals surface area contributed by atoms with Crippen LogP contribution in [0.15, 0.2) is 67.0 Å². The maximum Gasteiger partial charge on any atom is 0.407 e. The van der Waals surface area contributed by atoms with Crippen molar-refractivity contribution in [1.29, 1.82) is 5.41 Å². The van der Waals surface area contributed by atoms with Crippen LogP contribution >= 0.6 is 0 Å². The topological polar surface area (TPSA) is 222 Å². The molecule has 2 saturated heterocycles. The normalized spacial score (nSPS) is 17.4. The van der Waals surface area contributed by atoms with Crippen molar-refractivity contribution in [2.75, 3.05) is 38.8 Å². The van der Waals surface area contributed by atoms with Gasteiger partial charge in [0.05, 0.1) is 42.9 Å². The van der Waals surface area contributed by atoms with E-state index in [2.05, 4.69) is 41.8 Å². The van der Waals surface area contributed by atoms with E-state index in [1.54, 1.807) is 16.8 Å². The minimum absolute atomic E-state index is 0.265. The van der Waals surface area contributed by atoms with Crippen molar-refractivity contribution in [3.05, 3.63) is 106 Å². The number of aromatic nitrogens is 1. The second-order valence-electron chi connectivity index (χ2n) is 19.3. The number of hydrazine groups is 1. The first-order valence-electron chi connectivity index (χ1n) is 23.7. The van der Waals surface area contributed by atoms with Gasteiger partial charge in [-0.05, 0) is 95.0 Å². The third kappa shape index (κ3) is 15.9. The summed E-state index contributed by atoms with van der Waals surface area (Å²) in [7, 11) is 1.59. The minimum atomic E-state index is -5.24. The molecule has 3 heterocycles. The van der Waals surface area contributed by atoms with Crippen LogP contribution in [0.1, 0.15) is 68.4 Å². The Morgan fingerprint density at radius 3 is 1.84 bits per heavy atom. The van der Waals surface area contributed by atoms with E-state index >= 15 is 8.78 Å². The number of alkyl halides is 8. The maximum absolute atomic E-state index is 15.9. The van der Waals surface area contributed by atoms with Gasteiger partial charge in [0.15, 0.2) is 0 Å². The van der Waals surface area contributed by atoms with Crippen molar-refractivity contribution in [2.24, 2.45) is 10.8 Å². The number of carbonyl (C=O) groups excluding carboxylic acids is 4. The molecule has 0 aliphatic carbocycles. The number of allylic oxidation sites excluding steroid dienone is 1. The van der Waals surface area contributed by atoms with Crippen molar-refractivity contribution in [3.63, 3.8) is 0 Å². The van der Waals surface area contributed by atoms with Gasteiger partial charge in [-0.3, -0.25) is 15.0 Å². The molecule has 2 unspecified atom stereocenters. The number of nitrogens with one attached hydrogen (secondary N) is 7. The second kappa shape index (κ2) is 25.3. The predicted molar refractivity (Wildman–Crippen MR) is 259 cm³/mol. The number of aliphatic hydroxyl groups excluding tert-OH is 1. The average molecular weight is 1100 g/mol. The second-order valence-corrected chi connectivity index (χ2v) is 19.3. The molecule has 2 aromatic carbocycles. The summed E-state index contributed by atoms with van der Waals surface area (Å²) in [6, 6.07) is 4.82. The van der Waals surface area contributed by atoms with E-state index in [-0.39, 0.29) is 5.56 Å². The van der Waals surface area contributed by atoms with E-state index in [0.29, 0.717) is 74.2 Å². The van der Waals surface area contributed by atoms with Crippen molar-refractivity contribution >= 4 is 35.5 Å². The van der Waals surface area contributed by atoms with E-state index in [9.17, 15) is 59.4 Å². The van der Waals surface area contributed by atoms with E-state index < -0.39 is 126 Å². The van der Waals surface area contributed by atoms with Crippen molar-refractivity contribution in [1.82, 2.24) is 42.0 Å². The number of benzene rings is 2. The highest BCUT2D eigenvalue weighted by Gasteiger charge is 2.57. The lowest BCUT2D eigenvalue weighted by Crippen LogP contribution is -2.63. The van der Waals surface area contributed by atoms with Crippen LogP contribution in [-0.2, 0) is 32.0 Å². The van der Waals surface area contributed by atoms with Gasteiger partial charge in [-0.15, -0.1) is 0 Å². The van der Waals surface area contributed by atoms with Crippen LogP contribution in [0, 0.1) is 39.7 Å². The van der Waals surface area contributed by atoms with Gasteiger partial charge >= 0.3 is 31.1 Å². The Kier molecular flexibility index (Phi) is 20.0. The number of fused-ring (bicyclic) bond motifs is 2. The number of ether oxygens (including phenoxy) is 2. The Balaban J connectivity index is 1.51. The number of hydrogen-bond donors (Lipinski definition) is 8. The monoisotopic (exact) mass is 1100 g/mol. The molecule has 8 N–H and O–H groups in total. The molecule has 17 nitrogen and oxygen atoms in total. The van der Waals surface area contributed by atoms with Crippen LogP contribution in [0.2, 0.25) is 0 Å². The first-order valence-corrected chi connectivity index (χ1v) is 23.7. The van der Waals surface area contributed by atoms with Gasteiger partial charge in [0, 0.05) is 72.9 Å². The molecule has 0 saturated carbocycles. The number of hydrogen-bond acceptors (Lipinski definition) is 13. The van der Waals surface area contributed by atoms with Crippen LogP contribution in [-0.4, -0.2) is 134 Å². The van der Waals surface area contributed by atoms with E-state index in [0.717, 1.165) is 52.0 Å². The van der Waals surface area contributed by atoms with Crippen molar-refractivity contribution < 1.29 is 77.7 Å². The van der Waals surface area contributed by atoms with E-state index in [4.69, 9.17) is 5.41 Å². The molecule has 420 valence electrons. The third-order valence-corrected chi connectivity index (χ3v) is 13.1. The van der Waals surface area contributed by atoms with Gasteiger partial charge in [-0.2, -0.15) is 35.1 Å². The Morgan fingerprint density at radius 1 is 0.831 bits per heavy atom. The number of pyridine rings is 1. The predicted octanol–water partition coefficient (Wildman–Crippen LogP) is 5.94. The van der Waals surface area contributed by atoms with Crippen LogP contribution in [0.4, 0.5) is 59.3 Å². The molecule has 0 spiro atoms. The quantitative estimate of drug-likeness (QED) is 0.0217. The zero-order valence-corrected chi connectivity index (χ0v) is 42.4. The summed E-state index contributed by atoms with van der Waals surface area (Å²) in [6.07, 6.45) is -10.9. The van der Waals surface area contributed by atoms with Gasteiger partial charge in [-0.1, -0.05) is 24.0 Å². The largest absolute Gasteiger partial charge is 0.453 e. The SMILES string of the molecule is COC(=O)N[C@H](C(=O)N[C@@H](Cc1ccc(C#Cc2ccc(N3CC4CCC(C3)N4)nc2)cc1)[C@@H](O)CN(Cc1c(F)cc(C(=N)/C=C\NC(F)F)cc1F)NC(=O)[C@@H](NC(=O)OC)C(C)(C)C(F)(F)F)C(C)(C)C(F)(F)F. The van der Waals surface area contributed by atoms with Crippen LogP contribution in [0.3, 0.4) is 0 Å². The van der Waals surface area contributed by atoms with E-state index in [1.165, 1.54) is 24.3 Å². The fourth-order valence-corrected chi connectivity index (χ4v) is 8.26. The lowest BCUT2D eigenvalue weighted by molar-refractivity contribution is -0.221. The number of methoxy groups -OCH3 is 2. The Labute approximate surface area is 436 Å². The summed E-state index contributed by atoms with van der Waals surface area (Å²) >= 11 is 0. The van der Waals surface area contributed by atoms with Crippen molar-refractivity contribution in [2.45, 2.75) is 109 Å². The zero-order valence-electron chi connectivity index (χ0n) is 42.4. The standard InChI is InChI=1S/C50H58F10N10O7/c1-47(2,49(55,56)57)40(66-45(74)76-5)42(72)65-37(19-28-10-7-27(8-11-28)9-12-29-13-16-39(63-22-29)69-23-31-14-15-32(24-69)64-31)38(71)26-70(68-43(73)41(67-46(75)77-6)48(3,4)50(58,59)60)25-33-34(51)20-30(21-35(33)52)36(61)17-18-62-44(53)54/h7-8,10-11,13,16-18,20-22,31-32,37-38,40-41,44,61-62,64,71H,14-15,19,23-26H2,1-6H3,(H,65,72)(H,66,74)(H,67,75)(H,68,73)/b18-17-,61-36?/t31?,32?,37-,38-,40+,41+/m0/s1. The number of anilines is 1. The van der Waals surface area contributed by atoms with Crippen molar-refractivity contribution in [3.8, 4) is 11.8 Å². The molecule has 5 rings (SSSR count). The molecule has 6 atom stereocenters. The molecule has 2 fully saturated rings. The number of nitrogens with zero attached hydrogens (tertiary/aromatic N) is 3. The number of carbonyl (C=O) groups is 4. The average Bonchev–Trinajstić information content (AvgIpc) is 3.70. The first-order chi connectivity index (χ1) is 35.9. The summed E-state index contributed by atoms with van der Waals surface area (Å²) < 4.78 is 153. The third-order valence-electron chi connectivity index (χ3n) is 13.1. The number of piperazine rings is 1. The fraction of sp³-hybridized carbons (Fsp3) is 0.480. The molecule has 2 aliphatic heterocycles. The molecule has 27 heteroatoms. The minimum Gasteiger partial charge on any atom is -0.453 e. The van der Waals surface area contributed by atoms with Crippen LogP contribution < -0.4 is 36.9 Å². The smallest absolute Gasteiger partial charge is 0.407 e. The molecule has 1 aromatic heterocycles. The van der Waals surface area contributed by atoms with Gasteiger partial charge in [0.2, 0.25) is 5.91 Å². The molecular weight excluding hydrogens is 1040 g/mol. The number of halogens is 10. The summed E-state index contributed by atoms with van der Waals surface area (Å²) in [5.74, 6) is 0.598. The van der Waals surface area contributed by atoms with Crippen LogP contribution in [0.25, 0.3) is 0 Å².